The van der Waals surface area contributed by atoms with Crippen LogP contribution in [-0.2, 0) is 0 Å². The molecule has 3 heteroatoms. The van der Waals surface area contributed by atoms with Crippen LogP contribution in [0.4, 0.5) is 0 Å². The van der Waals surface area contributed by atoms with Crippen molar-refractivity contribution in [2.75, 3.05) is 6.54 Å². The Morgan fingerprint density at radius 3 is 2.77 bits per heavy atom. The summed E-state index contributed by atoms with van der Waals surface area (Å²) in [6, 6.07) is 5.89. The van der Waals surface area contributed by atoms with Crippen molar-refractivity contribution in [1.29, 1.82) is 0 Å². The van der Waals surface area contributed by atoms with Gasteiger partial charge in [0.2, 0.25) is 0 Å². The molecule has 0 saturated carbocycles. The average Bonchev–Trinajstić information content (AvgIpc) is 2.19. The molecule has 1 rings (SSSR count). The Kier molecular flexibility index (Phi) is 4.43. The monoisotopic (exact) mass is 179 g/mol. The van der Waals surface area contributed by atoms with Crippen LogP contribution in [0.2, 0.25) is 0 Å². The molecule has 0 aliphatic carbocycles. The molecular weight excluding hydrogens is 162 g/mol. The highest BCUT2D eigenvalue weighted by Crippen LogP contribution is 2.13. The molecule has 1 heterocycles. The molecule has 0 unspecified atom stereocenters. The largest absolute Gasteiger partial charge is 0.330 e. The first-order chi connectivity index (χ1) is 6.34. The highest BCUT2D eigenvalue weighted by Gasteiger charge is 2.04. The highest BCUT2D eigenvalue weighted by atomic mass is 14.8. The van der Waals surface area contributed by atoms with Gasteiger partial charge in [-0.05, 0) is 31.5 Å². The highest BCUT2D eigenvalue weighted by molar-refractivity contribution is 5.07. The Labute approximate surface area is 79.2 Å². The standard InChI is InChI=1S/C10H17N3/c11-7-3-1-5-9(12)10-6-2-4-8-13-10/h2,4,6,8-9H,1,3,5,7,11-12H2/t9-/m1/s1. The predicted octanol–water partition coefficient (Wildman–Crippen LogP) is 1.21. The zero-order valence-corrected chi connectivity index (χ0v) is 7.82. The molecule has 0 fully saturated rings. The third kappa shape index (κ3) is 3.53. The lowest BCUT2D eigenvalue weighted by atomic mass is 10.1. The normalized spacial score (nSPS) is 12.8. The van der Waals surface area contributed by atoms with Crippen molar-refractivity contribution in [2.24, 2.45) is 11.5 Å². The summed E-state index contributed by atoms with van der Waals surface area (Å²) in [5.74, 6) is 0. The van der Waals surface area contributed by atoms with E-state index in [1.54, 1.807) is 6.20 Å². The number of nitrogens with two attached hydrogens (primary N) is 2. The van der Waals surface area contributed by atoms with Gasteiger partial charge in [0.15, 0.2) is 0 Å². The summed E-state index contributed by atoms with van der Waals surface area (Å²) in [6.07, 6.45) is 4.86. The first-order valence-corrected chi connectivity index (χ1v) is 4.71. The van der Waals surface area contributed by atoms with Crippen LogP contribution in [0.25, 0.3) is 0 Å². The van der Waals surface area contributed by atoms with Gasteiger partial charge in [0.25, 0.3) is 0 Å². The fourth-order valence-corrected chi connectivity index (χ4v) is 1.25. The molecule has 0 saturated heterocycles. The van der Waals surface area contributed by atoms with E-state index in [0.717, 1.165) is 31.5 Å². The first-order valence-electron chi connectivity index (χ1n) is 4.71. The van der Waals surface area contributed by atoms with Crippen LogP contribution >= 0.6 is 0 Å². The van der Waals surface area contributed by atoms with Crippen molar-refractivity contribution < 1.29 is 0 Å². The summed E-state index contributed by atoms with van der Waals surface area (Å²) in [4.78, 5) is 4.20. The Hall–Kier alpha value is -0.930. The third-order valence-corrected chi connectivity index (χ3v) is 2.04. The maximum absolute atomic E-state index is 5.93. The molecule has 0 spiro atoms. The van der Waals surface area contributed by atoms with Gasteiger partial charge < -0.3 is 11.5 Å². The maximum atomic E-state index is 5.93. The van der Waals surface area contributed by atoms with E-state index in [1.165, 1.54) is 0 Å². The second-order valence-electron chi connectivity index (χ2n) is 3.15. The van der Waals surface area contributed by atoms with Gasteiger partial charge in [-0.15, -0.1) is 0 Å². The van der Waals surface area contributed by atoms with Crippen molar-refractivity contribution >= 4 is 0 Å². The van der Waals surface area contributed by atoms with E-state index in [2.05, 4.69) is 4.98 Å². The number of unbranched alkanes of at least 4 members (excludes halogenated alkanes) is 1. The number of hydrogen-bond acceptors (Lipinski definition) is 3. The lowest BCUT2D eigenvalue weighted by Gasteiger charge is -2.09. The maximum Gasteiger partial charge on any atom is 0.0570 e. The molecule has 3 nitrogen and oxygen atoms in total. The van der Waals surface area contributed by atoms with E-state index >= 15 is 0 Å². The van der Waals surface area contributed by atoms with Gasteiger partial charge in [-0.25, -0.2) is 0 Å². The Morgan fingerprint density at radius 1 is 1.31 bits per heavy atom. The van der Waals surface area contributed by atoms with Crippen LogP contribution in [0.1, 0.15) is 31.0 Å². The summed E-state index contributed by atoms with van der Waals surface area (Å²) in [6.45, 7) is 0.745. The van der Waals surface area contributed by atoms with Crippen molar-refractivity contribution in [1.82, 2.24) is 4.98 Å². The second-order valence-corrected chi connectivity index (χ2v) is 3.15. The summed E-state index contributed by atoms with van der Waals surface area (Å²) in [7, 11) is 0. The molecule has 0 aromatic carbocycles. The Balaban J connectivity index is 2.35. The molecular formula is C10H17N3. The van der Waals surface area contributed by atoms with Gasteiger partial charge >= 0.3 is 0 Å². The van der Waals surface area contributed by atoms with Gasteiger partial charge in [0.05, 0.1) is 5.69 Å². The minimum absolute atomic E-state index is 0.0627. The fraction of sp³-hybridized carbons (Fsp3) is 0.500. The Morgan fingerprint density at radius 2 is 2.15 bits per heavy atom. The van der Waals surface area contributed by atoms with Crippen LogP contribution in [0.15, 0.2) is 24.4 Å². The molecule has 1 aromatic rings. The predicted molar refractivity (Wildman–Crippen MR) is 54.1 cm³/mol. The van der Waals surface area contributed by atoms with Gasteiger partial charge in [-0.3, -0.25) is 4.98 Å². The van der Waals surface area contributed by atoms with Crippen LogP contribution in [-0.4, -0.2) is 11.5 Å². The number of nitrogens with zero attached hydrogens (tertiary/aromatic N) is 1. The summed E-state index contributed by atoms with van der Waals surface area (Å²) in [5, 5.41) is 0. The molecule has 0 aliphatic heterocycles. The van der Waals surface area contributed by atoms with Gasteiger partial charge in [-0.2, -0.15) is 0 Å². The van der Waals surface area contributed by atoms with E-state index in [1.807, 2.05) is 18.2 Å². The summed E-state index contributed by atoms with van der Waals surface area (Å²) < 4.78 is 0. The Bertz CT molecular complexity index is 223. The average molecular weight is 179 g/mol. The smallest absolute Gasteiger partial charge is 0.0570 e. The van der Waals surface area contributed by atoms with E-state index < -0.39 is 0 Å². The number of hydrogen-bond donors (Lipinski definition) is 2. The quantitative estimate of drug-likeness (QED) is 0.668. The van der Waals surface area contributed by atoms with Crippen LogP contribution < -0.4 is 11.5 Å². The minimum Gasteiger partial charge on any atom is -0.330 e. The van der Waals surface area contributed by atoms with Crippen LogP contribution in [0, 0.1) is 0 Å². The molecule has 0 radical (unpaired) electrons. The number of aromatic nitrogens is 1. The van der Waals surface area contributed by atoms with Crippen LogP contribution in [0.3, 0.4) is 0 Å². The van der Waals surface area contributed by atoms with Crippen molar-refractivity contribution in [3.05, 3.63) is 30.1 Å². The summed E-state index contributed by atoms with van der Waals surface area (Å²) in [5.41, 5.74) is 12.3. The van der Waals surface area contributed by atoms with Crippen molar-refractivity contribution in [2.45, 2.75) is 25.3 Å². The zero-order chi connectivity index (χ0) is 9.52. The zero-order valence-electron chi connectivity index (χ0n) is 7.82. The molecule has 13 heavy (non-hydrogen) atoms. The molecule has 1 atom stereocenters. The van der Waals surface area contributed by atoms with Gasteiger partial charge in [0, 0.05) is 12.2 Å². The van der Waals surface area contributed by atoms with E-state index in [-0.39, 0.29) is 6.04 Å². The topological polar surface area (TPSA) is 64.9 Å². The molecule has 72 valence electrons. The molecule has 1 aromatic heterocycles. The van der Waals surface area contributed by atoms with E-state index in [4.69, 9.17) is 11.5 Å². The lowest BCUT2D eigenvalue weighted by molar-refractivity contribution is 0.579. The van der Waals surface area contributed by atoms with Crippen molar-refractivity contribution in [3.8, 4) is 0 Å². The molecule has 0 amide bonds. The molecule has 4 N–H and O–H groups in total. The van der Waals surface area contributed by atoms with E-state index in [9.17, 15) is 0 Å². The SMILES string of the molecule is NCCCC[C@@H](N)c1ccccn1. The van der Waals surface area contributed by atoms with E-state index in [0.29, 0.717) is 0 Å². The third-order valence-electron chi connectivity index (χ3n) is 2.04. The summed E-state index contributed by atoms with van der Waals surface area (Å²) >= 11 is 0. The molecule has 0 bridgehead atoms. The second kappa shape index (κ2) is 5.67. The first kappa shape index (κ1) is 10.2. The minimum atomic E-state index is 0.0627. The lowest BCUT2D eigenvalue weighted by Crippen LogP contribution is -2.12. The number of rotatable bonds is 5. The van der Waals surface area contributed by atoms with Gasteiger partial charge in [-0.1, -0.05) is 12.5 Å². The molecule has 0 aliphatic rings. The van der Waals surface area contributed by atoms with Gasteiger partial charge in [0.1, 0.15) is 0 Å². The number of pyridine rings is 1. The fourth-order valence-electron chi connectivity index (χ4n) is 1.25. The van der Waals surface area contributed by atoms with Crippen LogP contribution in [0.5, 0.6) is 0 Å². The van der Waals surface area contributed by atoms with Crippen molar-refractivity contribution in [3.63, 3.8) is 0 Å².